The largest absolute Gasteiger partial charge is 0.289 e. The molecule has 0 aliphatic rings. The van der Waals surface area contributed by atoms with Crippen LogP contribution >= 0.6 is 0 Å². The number of nitro groups is 1. The van der Waals surface area contributed by atoms with E-state index in [9.17, 15) is 14.9 Å². The lowest BCUT2D eigenvalue weighted by molar-refractivity contribution is -0.384. The smallest absolute Gasteiger partial charge is 0.269 e. The number of hydrogen-bond acceptors (Lipinski definition) is 3. The Morgan fingerprint density at radius 1 is 1.27 bits per heavy atom. The van der Waals surface area contributed by atoms with Crippen molar-refractivity contribution >= 4 is 11.5 Å². The summed E-state index contributed by atoms with van der Waals surface area (Å²) in [6, 6.07) is 5.57. The highest BCUT2D eigenvalue weighted by Crippen LogP contribution is 2.12. The Morgan fingerprint density at radius 2 is 1.80 bits per heavy atom. The van der Waals surface area contributed by atoms with Crippen LogP contribution in [-0.4, -0.2) is 10.7 Å². The van der Waals surface area contributed by atoms with E-state index in [0.29, 0.717) is 5.56 Å². The minimum Gasteiger partial charge on any atom is -0.289 e. The zero-order valence-electron chi connectivity index (χ0n) is 8.56. The fraction of sp³-hybridized carbons (Fsp3) is 0.182. The van der Waals surface area contributed by atoms with Gasteiger partial charge < -0.3 is 0 Å². The minimum absolute atomic E-state index is 0.0104. The van der Waals surface area contributed by atoms with Crippen LogP contribution in [0.25, 0.3) is 0 Å². The molecule has 1 aromatic rings. The number of nitro benzene ring substituents is 1. The number of non-ortho nitro benzene ring substituents is 1. The highest BCUT2D eigenvalue weighted by Gasteiger charge is 2.07. The molecule has 0 spiro atoms. The summed E-state index contributed by atoms with van der Waals surface area (Å²) in [6.07, 6.45) is 1.50. The number of allylic oxidation sites excluding steroid dienone is 2. The highest BCUT2D eigenvalue weighted by molar-refractivity contribution is 6.04. The van der Waals surface area contributed by atoms with Gasteiger partial charge in [-0.15, -0.1) is 0 Å². The maximum absolute atomic E-state index is 11.5. The van der Waals surface area contributed by atoms with Crippen LogP contribution < -0.4 is 0 Å². The van der Waals surface area contributed by atoms with E-state index in [2.05, 4.69) is 0 Å². The first kappa shape index (κ1) is 11.1. The molecule has 0 fully saturated rings. The van der Waals surface area contributed by atoms with Crippen LogP contribution in [0.3, 0.4) is 0 Å². The van der Waals surface area contributed by atoms with E-state index < -0.39 is 4.92 Å². The summed E-state index contributed by atoms with van der Waals surface area (Å²) in [6.45, 7) is 3.65. The van der Waals surface area contributed by atoms with Crippen LogP contribution in [0, 0.1) is 10.1 Å². The van der Waals surface area contributed by atoms with Gasteiger partial charge in [-0.3, -0.25) is 14.9 Å². The van der Waals surface area contributed by atoms with E-state index in [1.54, 1.807) is 0 Å². The molecule has 4 heteroatoms. The molecule has 15 heavy (non-hydrogen) atoms. The number of carbonyl (C=O) groups excluding carboxylic acids is 1. The summed E-state index contributed by atoms with van der Waals surface area (Å²) in [5, 5.41) is 10.4. The lowest BCUT2D eigenvalue weighted by Gasteiger charge is -1.96. The van der Waals surface area contributed by atoms with Crippen LogP contribution in [0.5, 0.6) is 0 Å². The molecule has 0 N–H and O–H groups in total. The van der Waals surface area contributed by atoms with Crippen molar-refractivity contribution in [2.24, 2.45) is 0 Å². The molecule has 0 amide bonds. The number of rotatable bonds is 3. The van der Waals surface area contributed by atoms with Crippen LogP contribution in [0.15, 0.2) is 35.9 Å². The molecule has 0 aromatic heterocycles. The quantitative estimate of drug-likeness (QED) is 0.330. The van der Waals surface area contributed by atoms with Crippen LogP contribution in [0.1, 0.15) is 24.2 Å². The first-order valence-corrected chi connectivity index (χ1v) is 4.44. The van der Waals surface area contributed by atoms with E-state index in [1.165, 1.54) is 30.3 Å². The third kappa shape index (κ3) is 3.02. The molecule has 0 bridgehead atoms. The molecule has 78 valence electrons. The second-order valence-electron chi connectivity index (χ2n) is 3.39. The zero-order valence-corrected chi connectivity index (χ0v) is 8.56. The Hall–Kier alpha value is -1.97. The molecule has 0 aliphatic heterocycles. The lowest BCUT2D eigenvalue weighted by atomic mass is 10.1. The molecule has 0 aliphatic carbocycles. The van der Waals surface area contributed by atoms with E-state index >= 15 is 0 Å². The summed E-state index contributed by atoms with van der Waals surface area (Å²) < 4.78 is 0. The lowest BCUT2D eigenvalue weighted by Crippen LogP contribution is -1.95. The Kier molecular flexibility index (Phi) is 3.33. The maximum atomic E-state index is 11.5. The third-order valence-electron chi connectivity index (χ3n) is 1.78. The van der Waals surface area contributed by atoms with Crippen LogP contribution in [0.4, 0.5) is 5.69 Å². The molecule has 0 heterocycles. The standard InChI is InChI=1S/C11H11NO3/c1-8(2)7-11(13)9-3-5-10(6-4-9)12(14)15/h3-7H,1-2H3. The second-order valence-corrected chi connectivity index (χ2v) is 3.39. The monoisotopic (exact) mass is 205 g/mol. The molecule has 1 rings (SSSR count). The van der Waals surface area contributed by atoms with Gasteiger partial charge in [0.1, 0.15) is 0 Å². The summed E-state index contributed by atoms with van der Waals surface area (Å²) >= 11 is 0. The van der Waals surface area contributed by atoms with Crippen molar-refractivity contribution in [2.75, 3.05) is 0 Å². The average molecular weight is 205 g/mol. The zero-order chi connectivity index (χ0) is 11.4. The molecular formula is C11H11NO3. The normalized spacial score (nSPS) is 9.47. The molecule has 0 atom stereocenters. The Bertz CT molecular complexity index is 414. The van der Waals surface area contributed by atoms with E-state index in [0.717, 1.165) is 5.57 Å². The van der Waals surface area contributed by atoms with Gasteiger partial charge in [-0.25, -0.2) is 0 Å². The summed E-state index contributed by atoms with van der Waals surface area (Å²) in [4.78, 5) is 21.4. The molecule has 0 saturated carbocycles. The van der Waals surface area contributed by atoms with E-state index in [-0.39, 0.29) is 11.5 Å². The Morgan fingerprint density at radius 3 is 2.20 bits per heavy atom. The van der Waals surface area contributed by atoms with Crippen molar-refractivity contribution in [1.29, 1.82) is 0 Å². The van der Waals surface area contributed by atoms with Crippen molar-refractivity contribution in [1.82, 2.24) is 0 Å². The van der Waals surface area contributed by atoms with Crippen molar-refractivity contribution in [3.8, 4) is 0 Å². The first-order valence-electron chi connectivity index (χ1n) is 4.44. The topological polar surface area (TPSA) is 60.2 Å². The van der Waals surface area contributed by atoms with Crippen molar-refractivity contribution in [3.05, 3.63) is 51.6 Å². The number of ketones is 1. The molecule has 4 nitrogen and oxygen atoms in total. The van der Waals surface area contributed by atoms with Gasteiger partial charge >= 0.3 is 0 Å². The summed E-state index contributed by atoms with van der Waals surface area (Å²) in [5.41, 5.74) is 1.35. The van der Waals surface area contributed by atoms with Gasteiger partial charge in [-0.2, -0.15) is 0 Å². The molecule has 0 unspecified atom stereocenters. The number of benzene rings is 1. The van der Waals surface area contributed by atoms with Gasteiger partial charge in [0.25, 0.3) is 5.69 Å². The van der Waals surface area contributed by atoms with Gasteiger partial charge in [0, 0.05) is 17.7 Å². The van der Waals surface area contributed by atoms with Crippen molar-refractivity contribution in [3.63, 3.8) is 0 Å². The predicted molar refractivity (Wildman–Crippen MR) is 56.9 cm³/mol. The van der Waals surface area contributed by atoms with Gasteiger partial charge in [0.05, 0.1) is 4.92 Å². The summed E-state index contributed by atoms with van der Waals surface area (Å²) in [5.74, 6) is -0.134. The van der Waals surface area contributed by atoms with Gasteiger partial charge in [0.2, 0.25) is 0 Å². The molecule has 0 saturated heterocycles. The van der Waals surface area contributed by atoms with Gasteiger partial charge in [-0.05, 0) is 32.1 Å². The fourth-order valence-corrected chi connectivity index (χ4v) is 1.09. The van der Waals surface area contributed by atoms with E-state index in [4.69, 9.17) is 0 Å². The molecule has 1 aromatic carbocycles. The number of nitrogens with zero attached hydrogens (tertiary/aromatic N) is 1. The summed E-state index contributed by atoms with van der Waals surface area (Å²) in [7, 11) is 0. The van der Waals surface area contributed by atoms with Crippen LogP contribution in [-0.2, 0) is 0 Å². The minimum atomic E-state index is -0.491. The van der Waals surface area contributed by atoms with Gasteiger partial charge in [-0.1, -0.05) is 5.57 Å². The maximum Gasteiger partial charge on any atom is 0.269 e. The van der Waals surface area contributed by atoms with Crippen molar-refractivity contribution < 1.29 is 9.72 Å². The van der Waals surface area contributed by atoms with Crippen molar-refractivity contribution in [2.45, 2.75) is 13.8 Å². The number of hydrogen-bond donors (Lipinski definition) is 0. The molecule has 0 radical (unpaired) electrons. The SMILES string of the molecule is CC(C)=CC(=O)c1ccc([N+](=O)[O-])cc1. The van der Waals surface area contributed by atoms with Crippen LogP contribution in [0.2, 0.25) is 0 Å². The molecular weight excluding hydrogens is 194 g/mol. The third-order valence-corrected chi connectivity index (χ3v) is 1.78. The first-order chi connectivity index (χ1) is 7.00. The Balaban J connectivity index is 2.94. The predicted octanol–water partition coefficient (Wildman–Crippen LogP) is 2.74. The average Bonchev–Trinajstić information content (AvgIpc) is 2.17. The van der Waals surface area contributed by atoms with Gasteiger partial charge in [0.15, 0.2) is 5.78 Å². The Labute approximate surface area is 87.4 Å². The second kappa shape index (κ2) is 4.50. The fourth-order valence-electron chi connectivity index (χ4n) is 1.09. The highest BCUT2D eigenvalue weighted by atomic mass is 16.6. The number of carbonyl (C=O) groups is 1. The van der Waals surface area contributed by atoms with E-state index in [1.807, 2.05) is 13.8 Å².